The van der Waals surface area contributed by atoms with Crippen LogP contribution in [0.5, 0.6) is 0 Å². The minimum atomic E-state index is 1.03. The van der Waals surface area contributed by atoms with Crippen molar-refractivity contribution in [2.75, 3.05) is 5.33 Å². The number of benzene rings is 1. The van der Waals surface area contributed by atoms with Crippen molar-refractivity contribution >= 4 is 37.9 Å². The lowest BCUT2D eigenvalue weighted by Gasteiger charge is -2.03. The molecule has 0 heterocycles. The molecular formula is C12H14Br2. The first-order valence-corrected chi connectivity index (χ1v) is 6.70. The molecule has 2 heteroatoms. The maximum atomic E-state index is 3.49. The molecule has 1 rings (SSSR count). The highest BCUT2D eigenvalue weighted by atomic mass is 79.9. The van der Waals surface area contributed by atoms with E-state index < -0.39 is 0 Å². The first-order chi connectivity index (χ1) is 6.77. The van der Waals surface area contributed by atoms with Crippen molar-refractivity contribution in [1.82, 2.24) is 0 Å². The van der Waals surface area contributed by atoms with E-state index in [0.29, 0.717) is 0 Å². The van der Waals surface area contributed by atoms with Crippen LogP contribution in [0.3, 0.4) is 0 Å². The van der Waals surface area contributed by atoms with Crippen LogP contribution in [0.15, 0.2) is 28.7 Å². The van der Waals surface area contributed by atoms with Crippen molar-refractivity contribution in [3.63, 3.8) is 0 Å². The van der Waals surface area contributed by atoms with E-state index in [1.54, 1.807) is 0 Å². The second kappa shape index (κ2) is 6.41. The molecule has 0 bridgehead atoms. The zero-order valence-corrected chi connectivity index (χ0v) is 11.4. The SMILES string of the molecule is CCc1cc(Br)ccc1C=CCCBr. The minimum Gasteiger partial charge on any atom is -0.0925 e. The number of aryl methyl sites for hydroxylation is 1. The van der Waals surface area contributed by atoms with Crippen molar-refractivity contribution in [2.45, 2.75) is 19.8 Å². The van der Waals surface area contributed by atoms with Crippen molar-refractivity contribution in [3.8, 4) is 0 Å². The van der Waals surface area contributed by atoms with Crippen LogP contribution in [0.25, 0.3) is 6.08 Å². The fourth-order valence-electron chi connectivity index (χ4n) is 1.32. The third-order valence-electron chi connectivity index (χ3n) is 2.06. The molecule has 0 saturated heterocycles. The number of halogens is 2. The lowest BCUT2D eigenvalue weighted by Crippen LogP contribution is -1.85. The largest absolute Gasteiger partial charge is 0.0925 e. The van der Waals surface area contributed by atoms with Crippen molar-refractivity contribution < 1.29 is 0 Å². The van der Waals surface area contributed by atoms with Crippen LogP contribution in [-0.4, -0.2) is 5.33 Å². The van der Waals surface area contributed by atoms with Gasteiger partial charge in [0.05, 0.1) is 0 Å². The van der Waals surface area contributed by atoms with Gasteiger partial charge in [0.15, 0.2) is 0 Å². The van der Waals surface area contributed by atoms with E-state index in [1.165, 1.54) is 11.1 Å². The molecule has 0 saturated carbocycles. The van der Waals surface area contributed by atoms with Crippen LogP contribution >= 0.6 is 31.9 Å². The summed E-state index contributed by atoms with van der Waals surface area (Å²) >= 11 is 6.90. The molecule has 1 aromatic carbocycles. The topological polar surface area (TPSA) is 0 Å². The number of hydrogen-bond acceptors (Lipinski definition) is 0. The molecule has 76 valence electrons. The Morgan fingerprint density at radius 3 is 2.79 bits per heavy atom. The Labute approximate surface area is 103 Å². The van der Waals surface area contributed by atoms with Crippen LogP contribution in [0.2, 0.25) is 0 Å². The zero-order valence-electron chi connectivity index (χ0n) is 8.26. The molecule has 1 aromatic rings. The third-order valence-corrected chi connectivity index (χ3v) is 3.01. The molecule has 0 aliphatic carbocycles. The van der Waals surface area contributed by atoms with Crippen molar-refractivity contribution in [3.05, 3.63) is 39.9 Å². The highest BCUT2D eigenvalue weighted by Crippen LogP contribution is 2.18. The summed E-state index contributed by atoms with van der Waals surface area (Å²) in [5.41, 5.74) is 2.72. The Morgan fingerprint density at radius 1 is 1.36 bits per heavy atom. The molecule has 0 aliphatic rings. The van der Waals surface area contributed by atoms with Crippen molar-refractivity contribution in [1.29, 1.82) is 0 Å². The van der Waals surface area contributed by atoms with Gasteiger partial charge in [-0.3, -0.25) is 0 Å². The Morgan fingerprint density at radius 2 is 2.14 bits per heavy atom. The highest BCUT2D eigenvalue weighted by Gasteiger charge is 1.97. The summed E-state index contributed by atoms with van der Waals surface area (Å²) in [7, 11) is 0. The van der Waals surface area contributed by atoms with E-state index >= 15 is 0 Å². The van der Waals surface area contributed by atoms with Crippen LogP contribution in [0.4, 0.5) is 0 Å². The standard InChI is InChI=1S/C12H14Br2/c1-2-10-9-12(14)7-6-11(10)5-3-4-8-13/h3,5-7,9H,2,4,8H2,1H3. The number of rotatable bonds is 4. The first kappa shape index (κ1) is 12.0. The van der Waals surface area contributed by atoms with Gasteiger partial charge < -0.3 is 0 Å². The monoisotopic (exact) mass is 316 g/mol. The Balaban J connectivity index is 2.85. The Bertz CT molecular complexity index is 316. The van der Waals surface area contributed by atoms with Gasteiger partial charge in [-0.2, -0.15) is 0 Å². The van der Waals surface area contributed by atoms with E-state index in [1.807, 2.05) is 0 Å². The molecule has 0 fully saturated rings. The van der Waals surface area contributed by atoms with Gasteiger partial charge in [-0.05, 0) is 36.1 Å². The fraction of sp³-hybridized carbons (Fsp3) is 0.333. The smallest absolute Gasteiger partial charge is 0.0178 e. The summed E-state index contributed by atoms with van der Waals surface area (Å²) < 4.78 is 1.16. The van der Waals surface area contributed by atoms with Gasteiger partial charge in [-0.25, -0.2) is 0 Å². The van der Waals surface area contributed by atoms with Crippen LogP contribution in [0, 0.1) is 0 Å². The summed E-state index contributed by atoms with van der Waals surface area (Å²) in [6.45, 7) is 2.18. The summed E-state index contributed by atoms with van der Waals surface area (Å²) in [6.07, 6.45) is 6.57. The average Bonchev–Trinajstić information content (AvgIpc) is 2.20. The Hall–Kier alpha value is -0.0800. The molecule has 0 radical (unpaired) electrons. The summed E-state index contributed by atoms with van der Waals surface area (Å²) in [4.78, 5) is 0. The number of alkyl halides is 1. The first-order valence-electron chi connectivity index (χ1n) is 4.79. The quantitative estimate of drug-likeness (QED) is 0.699. The molecule has 0 spiro atoms. The van der Waals surface area contributed by atoms with E-state index in [9.17, 15) is 0 Å². The summed E-state index contributed by atoms with van der Waals surface area (Å²) in [6, 6.07) is 6.44. The number of hydrogen-bond donors (Lipinski definition) is 0. The second-order valence-corrected chi connectivity index (χ2v) is 4.79. The maximum absolute atomic E-state index is 3.49. The summed E-state index contributed by atoms with van der Waals surface area (Å²) in [5.74, 6) is 0. The molecular weight excluding hydrogens is 304 g/mol. The molecule has 0 atom stereocenters. The van der Waals surface area contributed by atoms with Gasteiger partial charge in [0.25, 0.3) is 0 Å². The molecule has 0 aromatic heterocycles. The third kappa shape index (κ3) is 3.58. The van der Waals surface area contributed by atoms with E-state index in [4.69, 9.17) is 0 Å². The van der Waals surface area contributed by atoms with Gasteiger partial charge in [-0.1, -0.05) is 57.0 Å². The lowest BCUT2D eigenvalue weighted by molar-refractivity contribution is 1.13. The summed E-state index contributed by atoms with van der Waals surface area (Å²) in [5, 5.41) is 1.03. The molecule has 0 amide bonds. The average molecular weight is 318 g/mol. The predicted molar refractivity (Wildman–Crippen MR) is 71.0 cm³/mol. The lowest BCUT2D eigenvalue weighted by atomic mass is 10.0. The molecule has 0 nitrogen and oxygen atoms in total. The normalized spacial score (nSPS) is 11.1. The van der Waals surface area contributed by atoms with Gasteiger partial charge in [-0.15, -0.1) is 0 Å². The van der Waals surface area contributed by atoms with Gasteiger partial charge in [0.2, 0.25) is 0 Å². The van der Waals surface area contributed by atoms with Crippen LogP contribution < -0.4 is 0 Å². The molecule has 0 unspecified atom stereocenters. The highest BCUT2D eigenvalue weighted by molar-refractivity contribution is 9.10. The van der Waals surface area contributed by atoms with Crippen LogP contribution in [-0.2, 0) is 6.42 Å². The fourth-order valence-corrected chi connectivity index (χ4v) is 1.99. The molecule has 0 aliphatic heterocycles. The van der Waals surface area contributed by atoms with Gasteiger partial charge in [0.1, 0.15) is 0 Å². The van der Waals surface area contributed by atoms with Gasteiger partial charge >= 0.3 is 0 Å². The second-order valence-electron chi connectivity index (χ2n) is 3.08. The van der Waals surface area contributed by atoms with E-state index in [0.717, 1.165) is 22.6 Å². The molecule has 0 N–H and O–H groups in total. The van der Waals surface area contributed by atoms with E-state index in [-0.39, 0.29) is 0 Å². The molecule has 14 heavy (non-hydrogen) atoms. The maximum Gasteiger partial charge on any atom is 0.0178 e. The minimum absolute atomic E-state index is 1.03. The van der Waals surface area contributed by atoms with Crippen LogP contribution in [0.1, 0.15) is 24.5 Å². The van der Waals surface area contributed by atoms with Crippen molar-refractivity contribution in [2.24, 2.45) is 0 Å². The Kier molecular flexibility index (Phi) is 5.49. The zero-order chi connectivity index (χ0) is 10.4. The van der Waals surface area contributed by atoms with Gasteiger partial charge in [0, 0.05) is 9.80 Å². The number of allylic oxidation sites excluding steroid dienone is 1. The van der Waals surface area contributed by atoms with E-state index in [2.05, 4.69) is 69.1 Å². The predicted octanol–water partition coefficient (Wildman–Crippen LogP) is 4.81.